The lowest BCUT2D eigenvalue weighted by molar-refractivity contribution is -0.383. The summed E-state index contributed by atoms with van der Waals surface area (Å²) in [6.45, 7) is -6.82. The second kappa shape index (κ2) is 15.9. The first-order valence-corrected chi connectivity index (χ1v) is 14.8. The summed E-state index contributed by atoms with van der Waals surface area (Å²) in [5.74, 6) is -4.85. The Bertz CT molecular complexity index is 2020. The molecule has 0 unspecified atom stereocenters. The molecule has 51 heavy (non-hydrogen) atoms. The summed E-state index contributed by atoms with van der Waals surface area (Å²) in [7, 11) is -4.71. The van der Waals surface area contributed by atoms with Crippen molar-refractivity contribution in [3.8, 4) is 17.4 Å². The molecule has 2 aromatic carbocycles. The van der Waals surface area contributed by atoms with Gasteiger partial charge in [-0.1, -0.05) is 35.3 Å². The SMILES string of the molecule is Nc1c([N+](=O)[O-])cnn1-c1c(Cl)cc(C(F)(F)F)cc1Cl.O=C(Nc1nc(OC(F)F)cc(OC(F)F)n1)NS(=O)(=O)c1ccccc1C(=O)O. The number of anilines is 2. The average Bonchev–Trinajstić information content (AvgIpc) is 3.36. The molecule has 0 atom stereocenters. The fraction of sp³-hybridized carbons (Fsp3) is 0.125. The Morgan fingerprint density at radius 2 is 1.53 bits per heavy atom. The van der Waals surface area contributed by atoms with Gasteiger partial charge >= 0.3 is 37.1 Å². The number of alkyl halides is 7. The Morgan fingerprint density at radius 3 is 1.98 bits per heavy atom. The van der Waals surface area contributed by atoms with E-state index >= 15 is 0 Å². The van der Waals surface area contributed by atoms with E-state index in [2.05, 4.69) is 24.5 Å². The highest BCUT2D eigenvalue weighted by molar-refractivity contribution is 7.90. The Balaban J connectivity index is 0.000000293. The minimum Gasteiger partial charge on any atom is -0.478 e. The lowest BCUT2D eigenvalue weighted by atomic mass is 10.2. The van der Waals surface area contributed by atoms with E-state index in [1.54, 1.807) is 5.32 Å². The van der Waals surface area contributed by atoms with Crippen LogP contribution < -0.4 is 25.2 Å². The number of carbonyl (C=O) groups excluding carboxylic acids is 1. The standard InChI is InChI=1S/C14H10F4N4O7S.C10H5Cl2F3N4O2/c15-11(16)28-8-5-9(29-12(17)18)20-13(19-8)21-14(25)22-30(26,27)7-4-2-1-3-6(7)10(23)24;11-5-1-4(10(13,14)15)2-6(12)8(5)18-9(16)7(3-17-18)19(20)21/h1-5,11-12H,(H,23,24)(H2,19,20,21,22,25);1-3H,16H2. The zero-order valence-electron chi connectivity index (χ0n) is 24.1. The quantitative estimate of drug-likeness (QED) is 0.0872. The number of nitrogens with one attached hydrogen (secondary N) is 2. The highest BCUT2D eigenvalue weighted by atomic mass is 35.5. The highest BCUT2D eigenvalue weighted by Gasteiger charge is 2.33. The number of carbonyl (C=O) groups is 2. The van der Waals surface area contributed by atoms with Crippen LogP contribution in [0.2, 0.25) is 10.0 Å². The van der Waals surface area contributed by atoms with Crippen LogP contribution in [0.4, 0.5) is 53.0 Å². The van der Waals surface area contributed by atoms with Gasteiger partial charge in [-0.2, -0.15) is 45.8 Å². The lowest BCUT2D eigenvalue weighted by Crippen LogP contribution is -2.35. The molecule has 0 spiro atoms. The van der Waals surface area contributed by atoms with Gasteiger partial charge in [0.15, 0.2) is 0 Å². The van der Waals surface area contributed by atoms with Crippen LogP contribution in [0.5, 0.6) is 11.8 Å². The molecule has 5 N–H and O–H groups in total. The van der Waals surface area contributed by atoms with Gasteiger partial charge in [0.25, 0.3) is 10.0 Å². The summed E-state index contributed by atoms with van der Waals surface area (Å²) in [6, 6.07) is 4.49. The summed E-state index contributed by atoms with van der Waals surface area (Å²) in [5, 5.41) is 24.3. The molecule has 0 saturated heterocycles. The van der Waals surface area contributed by atoms with Gasteiger partial charge in [0.1, 0.15) is 16.8 Å². The van der Waals surface area contributed by atoms with Crippen LogP contribution in [-0.2, 0) is 16.2 Å². The van der Waals surface area contributed by atoms with Gasteiger partial charge in [0.05, 0.1) is 32.2 Å². The summed E-state index contributed by atoms with van der Waals surface area (Å²) < 4.78 is 122. The highest BCUT2D eigenvalue weighted by Crippen LogP contribution is 2.39. The summed E-state index contributed by atoms with van der Waals surface area (Å²) in [4.78, 5) is 38.7. The number of nitrogens with two attached hydrogens (primary N) is 1. The molecule has 2 aromatic heterocycles. The van der Waals surface area contributed by atoms with Crippen LogP contribution >= 0.6 is 23.2 Å². The van der Waals surface area contributed by atoms with Crippen molar-refractivity contribution in [3.63, 3.8) is 0 Å². The van der Waals surface area contributed by atoms with E-state index in [1.807, 2.05) is 0 Å². The van der Waals surface area contributed by atoms with Gasteiger partial charge in [-0.3, -0.25) is 15.4 Å². The average molecular weight is 795 g/mol. The molecule has 4 rings (SSSR count). The lowest BCUT2D eigenvalue weighted by Gasteiger charge is -2.12. The van der Waals surface area contributed by atoms with Crippen molar-refractivity contribution in [2.24, 2.45) is 0 Å². The number of hydrogen-bond donors (Lipinski definition) is 4. The predicted molar refractivity (Wildman–Crippen MR) is 158 cm³/mol. The maximum Gasteiger partial charge on any atom is 0.416 e. The van der Waals surface area contributed by atoms with Crippen LogP contribution in [0.25, 0.3) is 5.69 Å². The number of aromatic nitrogens is 4. The number of urea groups is 1. The van der Waals surface area contributed by atoms with E-state index in [0.717, 1.165) is 23.0 Å². The molecule has 17 nitrogen and oxygen atoms in total. The molecule has 0 radical (unpaired) electrons. The minimum atomic E-state index is -4.71. The number of rotatable bonds is 10. The number of carboxylic acids is 1. The normalized spacial score (nSPS) is 11.4. The van der Waals surface area contributed by atoms with Crippen molar-refractivity contribution in [2.75, 3.05) is 11.1 Å². The first kappa shape index (κ1) is 39.7. The van der Waals surface area contributed by atoms with Crippen molar-refractivity contribution in [1.29, 1.82) is 0 Å². The number of nitrogens with zero attached hydrogens (tertiary/aromatic N) is 5. The van der Waals surface area contributed by atoms with Crippen molar-refractivity contribution in [1.82, 2.24) is 24.5 Å². The van der Waals surface area contributed by atoms with Crippen LogP contribution in [0.15, 0.2) is 53.6 Å². The van der Waals surface area contributed by atoms with Gasteiger partial charge in [-0.15, -0.1) is 0 Å². The van der Waals surface area contributed by atoms with Gasteiger partial charge in [0, 0.05) is 0 Å². The predicted octanol–water partition coefficient (Wildman–Crippen LogP) is 5.58. The van der Waals surface area contributed by atoms with E-state index in [4.69, 9.17) is 34.0 Å². The molecule has 4 aromatic rings. The van der Waals surface area contributed by atoms with Gasteiger partial charge < -0.3 is 20.3 Å². The van der Waals surface area contributed by atoms with E-state index in [-0.39, 0.29) is 15.7 Å². The number of nitrogen functional groups attached to an aromatic ring is 1. The number of hydrogen-bond acceptors (Lipinski definition) is 12. The van der Waals surface area contributed by atoms with Crippen molar-refractivity contribution in [2.45, 2.75) is 24.3 Å². The zero-order chi connectivity index (χ0) is 38.4. The molecular formula is C24H15Cl2F7N8O9S. The number of ether oxygens (including phenoxy) is 2. The van der Waals surface area contributed by atoms with Crippen LogP contribution in [-0.4, -0.2) is 63.4 Å². The van der Waals surface area contributed by atoms with Crippen LogP contribution in [0, 0.1) is 10.1 Å². The molecule has 2 amide bonds. The molecule has 0 aliphatic heterocycles. The number of amides is 2. The summed E-state index contributed by atoms with van der Waals surface area (Å²) in [5.41, 5.74) is 3.14. The third-order valence-corrected chi connectivity index (χ3v) is 7.46. The molecular weight excluding hydrogens is 780 g/mol. The number of halogens is 9. The second-order valence-corrected chi connectivity index (χ2v) is 11.3. The number of nitro groups is 1. The third-order valence-electron chi connectivity index (χ3n) is 5.50. The van der Waals surface area contributed by atoms with Crippen LogP contribution in [0.1, 0.15) is 15.9 Å². The summed E-state index contributed by atoms with van der Waals surface area (Å²) >= 11 is 11.5. The van der Waals surface area contributed by atoms with Crippen molar-refractivity contribution >= 4 is 62.7 Å². The third kappa shape index (κ3) is 10.4. The molecule has 0 bridgehead atoms. The molecule has 0 fully saturated rings. The van der Waals surface area contributed by atoms with Crippen LogP contribution in [0.3, 0.4) is 0 Å². The Labute approximate surface area is 287 Å². The molecule has 0 aliphatic carbocycles. The maximum atomic E-state index is 12.6. The smallest absolute Gasteiger partial charge is 0.416 e. The van der Waals surface area contributed by atoms with E-state index in [0.29, 0.717) is 18.2 Å². The molecule has 274 valence electrons. The monoisotopic (exact) mass is 794 g/mol. The number of aromatic carboxylic acids is 1. The van der Waals surface area contributed by atoms with E-state index < -0.39 is 91.6 Å². The van der Waals surface area contributed by atoms with E-state index in [1.165, 1.54) is 16.9 Å². The zero-order valence-corrected chi connectivity index (χ0v) is 26.4. The molecule has 0 aliphatic rings. The van der Waals surface area contributed by atoms with Crippen molar-refractivity contribution in [3.05, 3.63) is 79.9 Å². The number of carboxylic acid groups (broad SMARTS) is 1. The molecule has 0 saturated carbocycles. The first-order valence-electron chi connectivity index (χ1n) is 12.6. The number of benzene rings is 2. The molecule has 2 heterocycles. The van der Waals surface area contributed by atoms with Gasteiger partial charge in [-0.05, 0) is 24.3 Å². The minimum absolute atomic E-state index is 0.170. The van der Waals surface area contributed by atoms with Crippen molar-refractivity contribution < 1.29 is 68.2 Å². The van der Waals surface area contributed by atoms with Gasteiger partial charge in [0.2, 0.25) is 23.5 Å². The summed E-state index contributed by atoms with van der Waals surface area (Å²) in [6.07, 6.45) is -3.78. The number of sulfonamides is 1. The maximum absolute atomic E-state index is 12.6. The topological polar surface area (TPSA) is 244 Å². The Morgan fingerprint density at radius 1 is 1.00 bits per heavy atom. The fourth-order valence-electron chi connectivity index (χ4n) is 3.54. The van der Waals surface area contributed by atoms with Gasteiger partial charge in [-0.25, -0.2) is 27.4 Å². The second-order valence-electron chi connectivity index (χ2n) is 8.86. The van der Waals surface area contributed by atoms with E-state index in [9.17, 15) is 58.9 Å². The Kier molecular flexibility index (Phi) is 12.4. The largest absolute Gasteiger partial charge is 0.478 e. The first-order chi connectivity index (χ1) is 23.6. The molecule has 27 heteroatoms. The Hall–Kier alpha value is -5.69. The fourth-order valence-corrected chi connectivity index (χ4v) is 5.30.